The predicted molar refractivity (Wildman–Crippen MR) is 116 cm³/mol. The molecular formula is C20H20BrN5O4. The predicted octanol–water partition coefficient (Wildman–Crippen LogP) is 3.26. The zero-order valence-electron chi connectivity index (χ0n) is 16.4. The van der Waals surface area contributed by atoms with E-state index in [1.165, 1.54) is 0 Å². The van der Waals surface area contributed by atoms with Crippen LogP contribution in [0.25, 0.3) is 11.0 Å². The molecule has 30 heavy (non-hydrogen) atoms. The Hall–Kier alpha value is -3.14. The first kappa shape index (κ1) is 18.9. The lowest BCUT2D eigenvalue weighted by Gasteiger charge is -2.25. The molecule has 0 saturated heterocycles. The van der Waals surface area contributed by atoms with Gasteiger partial charge in [0.1, 0.15) is 0 Å². The number of nitrogens with zero attached hydrogens (tertiary/aromatic N) is 3. The summed E-state index contributed by atoms with van der Waals surface area (Å²) >= 11 is 3.64. The van der Waals surface area contributed by atoms with Crippen molar-refractivity contribution in [2.24, 2.45) is 10.7 Å². The minimum Gasteiger partial charge on any atom is -0.493 e. The van der Waals surface area contributed by atoms with Gasteiger partial charge in [0.25, 0.3) is 0 Å². The monoisotopic (exact) mass is 473 g/mol. The van der Waals surface area contributed by atoms with Gasteiger partial charge in [0.2, 0.25) is 5.95 Å². The van der Waals surface area contributed by atoms with Crippen molar-refractivity contribution in [3.63, 3.8) is 0 Å². The molecule has 0 unspecified atom stereocenters. The van der Waals surface area contributed by atoms with Crippen molar-refractivity contribution in [2.45, 2.75) is 12.6 Å². The molecule has 0 aliphatic carbocycles. The number of ether oxygens (including phenoxy) is 4. The van der Waals surface area contributed by atoms with E-state index in [2.05, 4.69) is 26.2 Å². The van der Waals surface area contributed by atoms with E-state index in [0.717, 1.165) is 27.5 Å². The maximum absolute atomic E-state index is 6.08. The molecule has 2 aromatic carbocycles. The highest BCUT2D eigenvalue weighted by atomic mass is 79.9. The van der Waals surface area contributed by atoms with Gasteiger partial charge in [0.15, 0.2) is 35.1 Å². The summed E-state index contributed by atoms with van der Waals surface area (Å²) in [5.74, 6) is 3.46. The van der Waals surface area contributed by atoms with Crippen LogP contribution in [-0.4, -0.2) is 42.9 Å². The Balaban J connectivity index is 1.71. The van der Waals surface area contributed by atoms with Gasteiger partial charge in [-0.1, -0.05) is 15.9 Å². The summed E-state index contributed by atoms with van der Waals surface area (Å²) in [7, 11) is 3.19. The molecule has 0 saturated carbocycles. The molecular weight excluding hydrogens is 454 g/mol. The largest absolute Gasteiger partial charge is 0.493 e. The van der Waals surface area contributed by atoms with Crippen molar-refractivity contribution in [1.29, 1.82) is 0 Å². The number of benzene rings is 2. The van der Waals surface area contributed by atoms with Gasteiger partial charge in [0.05, 0.1) is 38.5 Å². The van der Waals surface area contributed by atoms with Crippen molar-refractivity contribution in [3.8, 4) is 23.0 Å². The van der Waals surface area contributed by atoms with Crippen LogP contribution < -0.4 is 30.0 Å². The molecule has 3 aromatic rings. The first-order valence-corrected chi connectivity index (χ1v) is 10.2. The van der Waals surface area contributed by atoms with E-state index in [-0.39, 0.29) is 5.96 Å². The summed E-state index contributed by atoms with van der Waals surface area (Å²) in [5.41, 5.74) is 8.54. The van der Waals surface area contributed by atoms with Crippen LogP contribution in [0, 0.1) is 0 Å². The molecule has 0 spiro atoms. The zero-order valence-corrected chi connectivity index (χ0v) is 18.0. The van der Waals surface area contributed by atoms with Crippen LogP contribution in [0.1, 0.15) is 18.2 Å². The summed E-state index contributed by atoms with van der Waals surface area (Å²) in [5, 5.41) is 3.05. The highest BCUT2D eigenvalue weighted by molar-refractivity contribution is 9.10. The molecule has 1 aromatic heterocycles. The molecule has 156 valence electrons. The average Bonchev–Trinajstić information content (AvgIpc) is 2.92. The second-order valence-electron chi connectivity index (χ2n) is 6.89. The number of nitrogens with one attached hydrogen (secondary N) is 1. The number of methoxy groups -OCH3 is 2. The van der Waals surface area contributed by atoms with Crippen molar-refractivity contribution < 1.29 is 18.9 Å². The molecule has 0 amide bonds. The van der Waals surface area contributed by atoms with E-state index in [0.29, 0.717) is 42.2 Å². The number of imidazole rings is 1. The van der Waals surface area contributed by atoms with Gasteiger partial charge in [0, 0.05) is 28.6 Å². The number of anilines is 1. The van der Waals surface area contributed by atoms with Crippen molar-refractivity contribution in [3.05, 3.63) is 34.3 Å². The van der Waals surface area contributed by atoms with Crippen LogP contribution in [0.5, 0.6) is 23.0 Å². The van der Waals surface area contributed by atoms with Gasteiger partial charge in [-0.2, -0.15) is 0 Å². The summed E-state index contributed by atoms with van der Waals surface area (Å²) in [6.07, 6.45) is 0.367. The van der Waals surface area contributed by atoms with Crippen LogP contribution in [0.15, 0.2) is 33.7 Å². The maximum atomic E-state index is 6.08. The van der Waals surface area contributed by atoms with E-state index in [4.69, 9.17) is 29.7 Å². The second-order valence-corrected chi connectivity index (χ2v) is 7.74. The number of rotatable bonds is 3. The molecule has 0 fully saturated rings. The molecule has 1 atom stereocenters. The minimum absolute atomic E-state index is 0.276. The fourth-order valence-electron chi connectivity index (χ4n) is 3.70. The number of nitrogens with two attached hydrogens (primary N) is 1. The fraction of sp³-hybridized carbons (Fsp3) is 0.300. The Kier molecular flexibility index (Phi) is 4.58. The second kappa shape index (κ2) is 7.28. The lowest BCUT2D eigenvalue weighted by Crippen LogP contribution is -2.31. The average molecular weight is 474 g/mol. The van der Waals surface area contributed by atoms with Gasteiger partial charge in [-0.15, -0.1) is 0 Å². The van der Waals surface area contributed by atoms with E-state index in [9.17, 15) is 0 Å². The Labute approximate surface area is 180 Å². The lowest BCUT2D eigenvalue weighted by molar-refractivity contribution is 0.297. The SMILES string of the molecule is COc1cc(Br)c([C@@H]2N=C(N)Nc3nc4cc5c(cc4n32)OCCCO5)cc1OC. The Bertz CT molecular complexity index is 1180. The molecule has 9 nitrogen and oxygen atoms in total. The molecule has 0 radical (unpaired) electrons. The van der Waals surface area contributed by atoms with Crippen LogP contribution in [0.3, 0.4) is 0 Å². The number of hydrogen-bond donors (Lipinski definition) is 2. The van der Waals surface area contributed by atoms with Gasteiger partial charge in [-0.05, 0) is 12.1 Å². The van der Waals surface area contributed by atoms with Gasteiger partial charge >= 0.3 is 0 Å². The summed E-state index contributed by atoms with van der Waals surface area (Å²) in [6.45, 7) is 1.22. The van der Waals surface area contributed by atoms with Crippen molar-refractivity contribution in [1.82, 2.24) is 9.55 Å². The van der Waals surface area contributed by atoms with Crippen LogP contribution >= 0.6 is 15.9 Å². The number of hydrogen-bond acceptors (Lipinski definition) is 8. The Morgan fingerprint density at radius 3 is 2.53 bits per heavy atom. The molecule has 0 bridgehead atoms. The maximum Gasteiger partial charge on any atom is 0.212 e. The third-order valence-electron chi connectivity index (χ3n) is 5.09. The van der Waals surface area contributed by atoms with Crippen LogP contribution in [-0.2, 0) is 0 Å². The summed E-state index contributed by atoms with van der Waals surface area (Å²) in [4.78, 5) is 9.35. The smallest absolute Gasteiger partial charge is 0.212 e. The van der Waals surface area contributed by atoms with E-state index in [1.807, 2.05) is 28.8 Å². The van der Waals surface area contributed by atoms with Crippen molar-refractivity contribution in [2.75, 3.05) is 32.8 Å². The molecule has 2 aliphatic heterocycles. The standard InChI is InChI=1S/C20H20BrN5O4/c1-27-14-6-10(11(21)7-15(14)28-2)18-24-19(22)25-20-23-12-8-16-17(9-13(12)26(18)20)30-5-3-4-29-16/h6-9,18H,3-5H2,1-2H3,(H3,22,23,24,25)/t18-/m1/s1. The van der Waals surface area contributed by atoms with E-state index < -0.39 is 6.17 Å². The number of aromatic nitrogens is 2. The van der Waals surface area contributed by atoms with Gasteiger partial charge in [-0.25, -0.2) is 9.98 Å². The number of guanidine groups is 1. The molecule has 5 rings (SSSR count). The first-order valence-electron chi connectivity index (χ1n) is 9.42. The Morgan fingerprint density at radius 1 is 1.10 bits per heavy atom. The molecule has 10 heteroatoms. The third kappa shape index (κ3) is 2.98. The normalized spacial score (nSPS) is 17.6. The van der Waals surface area contributed by atoms with Crippen LogP contribution in [0.4, 0.5) is 5.95 Å². The zero-order chi connectivity index (χ0) is 20.8. The number of aliphatic imine (C=N–C) groups is 1. The first-order chi connectivity index (χ1) is 14.6. The number of fused-ring (bicyclic) bond motifs is 4. The number of halogens is 1. The Morgan fingerprint density at radius 2 is 1.80 bits per heavy atom. The third-order valence-corrected chi connectivity index (χ3v) is 5.77. The van der Waals surface area contributed by atoms with Gasteiger partial charge < -0.3 is 24.7 Å². The highest BCUT2D eigenvalue weighted by Gasteiger charge is 2.29. The van der Waals surface area contributed by atoms with E-state index in [1.54, 1.807) is 14.2 Å². The summed E-state index contributed by atoms with van der Waals surface area (Å²) in [6, 6.07) is 7.56. The topological polar surface area (TPSA) is 105 Å². The minimum atomic E-state index is -0.467. The lowest BCUT2D eigenvalue weighted by atomic mass is 10.1. The quantitative estimate of drug-likeness (QED) is 0.601. The summed E-state index contributed by atoms with van der Waals surface area (Å²) < 4.78 is 25.4. The molecule has 3 heterocycles. The van der Waals surface area contributed by atoms with Crippen molar-refractivity contribution >= 4 is 38.9 Å². The van der Waals surface area contributed by atoms with Crippen LogP contribution in [0.2, 0.25) is 0 Å². The van der Waals surface area contributed by atoms with E-state index >= 15 is 0 Å². The van der Waals surface area contributed by atoms with Gasteiger partial charge in [-0.3, -0.25) is 9.88 Å². The molecule has 3 N–H and O–H groups in total. The fourth-order valence-corrected chi connectivity index (χ4v) is 4.23. The highest BCUT2D eigenvalue weighted by Crippen LogP contribution is 2.42. The molecule has 2 aliphatic rings.